The Kier molecular flexibility index (Phi) is 4.77. The minimum absolute atomic E-state index is 0.0524. The number of pyridine rings is 1. The molecule has 4 aromatic rings. The number of rotatable bonds is 6. The summed E-state index contributed by atoms with van der Waals surface area (Å²) in [7, 11) is 0. The Morgan fingerprint density at radius 1 is 1.15 bits per heavy atom. The zero-order chi connectivity index (χ0) is 18.8. The maximum Gasteiger partial charge on any atom is 0.258 e. The third kappa shape index (κ3) is 3.51. The van der Waals surface area contributed by atoms with Crippen LogP contribution in [0.15, 0.2) is 70.0 Å². The lowest BCUT2D eigenvalue weighted by Gasteiger charge is -2.27. The van der Waals surface area contributed by atoms with E-state index in [4.69, 9.17) is 4.42 Å². The number of nitrogens with zero attached hydrogens (tertiary/aromatic N) is 3. The van der Waals surface area contributed by atoms with Crippen LogP contribution in [-0.2, 0) is 6.54 Å². The van der Waals surface area contributed by atoms with Crippen LogP contribution in [-0.4, -0.2) is 20.8 Å². The van der Waals surface area contributed by atoms with Crippen LogP contribution < -0.4 is 5.56 Å². The smallest absolute Gasteiger partial charge is 0.258 e. The molecule has 0 aliphatic rings. The highest BCUT2D eigenvalue weighted by molar-refractivity contribution is 5.77. The zero-order valence-electron chi connectivity index (χ0n) is 15.6. The van der Waals surface area contributed by atoms with Crippen LogP contribution in [0.4, 0.5) is 0 Å². The van der Waals surface area contributed by atoms with Gasteiger partial charge in [-0.2, -0.15) is 0 Å². The Morgan fingerprint density at radius 2 is 1.96 bits per heavy atom. The van der Waals surface area contributed by atoms with Gasteiger partial charge in [0.15, 0.2) is 0 Å². The number of benzene rings is 1. The number of para-hydroxylation sites is 1. The van der Waals surface area contributed by atoms with E-state index >= 15 is 0 Å². The van der Waals surface area contributed by atoms with E-state index in [0.717, 1.165) is 35.4 Å². The monoisotopic (exact) mass is 361 g/mol. The summed E-state index contributed by atoms with van der Waals surface area (Å²) in [5.74, 6) is 0.933. The van der Waals surface area contributed by atoms with Gasteiger partial charge in [0.25, 0.3) is 5.56 Å². The van der Waals surface area contributed by atoms with Gasteiger partial charge in [0.2, 0.25) is 0 Å². The van der Waals surface area contributed by atoms with Gasteiger partial charge in [0.05, 0.1) is 11.7 Å². The quantitative estimate of drug-likeness (QED) is 0.510. The van der Waals surface area contributed by atoms with Gasteiger partial charge in [-0.15, -0.1) is 0 Å². The lowest BCUT2D eigenvalue weighted by Crippen LogP contribution is -2.29. The molecule has 1 unspecified atom stereocenters. The summed E-state index contributed by atoms with van der Waals surface area (Å²) in [4.78, 5) is 19.4. The van der Waals surface area contributed by atoms with Gasteiger partial charge in [0, 0.05) is 24.2 Å². The first-order valence-electron chi connectivity index (χ1n) is 9.35. The molecule has 0 aliphatic heterocycles. The summed E-state index contributed by atoms with van der Waals surface area (Å²) in [6.45, 7) is 5.79. The second-order valence-electron chi connectivity index (χ2n) is 6.85. The molecule has 3 heterocycles. The van der Waals surface area contributed by atoms with Crippen LogP contribution in [0.5, 0.6) is 0 Å². The Bertz CT molecular complexity index is 1100. The molecule has 0 fully saturated rings. The van der Waals surface area contributed by atoms with Crippen molar-refractivity contribution in [1.29, 1.82) is 0 Å². The first-order chi connectivity index (χ1) is 13.2. The van der Waals surface area contributed by atoms with Crippen molar-refractivity contribution < 1.29 is 4.42 Å². The summed E-state index contributed by atoms with van der Waals surface area (Å²) in [6.07, 6.45) is 2.76. The van der Waals surface area contributed by atoms with Gasteiger partial charge >= 0.3 is 0 Å². The molecule has 5 nitrogen and oxygen atoms in total. The lowest BCUT2D eigenvalue weighted by atomic mass is 10.1. The average molecular weight is 361 g/mol. The SMILES string of the molecule is CCCN(Cc1cc(=O)n2ccccc2n1)C(C)c1cc2ccccc2o1. The van der Waals surface area contributed by atoms with Crippen LogP contribution in [0.1, 0.15) is 37.8 Å². The fourth-order valence-corrected chi connectivity index (χ4v) is 3.48. The second kappa shape index (κ2) is 7.37. The molecule has 0 bridgehead atoms. The van der Waals surface area contributed by atoms with Gasteiger partial charge in [-0.1, -0.05) is 31.2 Å². The van der Waals surface area contributed by atoms with Crippen molar-refractivity contribution >= 4 is 16.6 Å². The number of hydrogen-bond donors (Lipinski definition) is 0. The van der Waals surface area contributed by atoms with Gasteiger partial charge in [-0.05, 0) is 44.2 Å². The van der Waals surface area contributed by atoms with E-state index in [1.54, 1.807) is 16.7 Å². The minimum atomic E-state index is -0.0524. The molecule has 0 spiro atoms. The van der Waals surface area contributed by atoms with E-state index in [2.05, 4.69) is 35.9 Å². The van der Waals surface area contributed by atoms with Crippen molar-refractivity contribution in [2.75, 3.05) is 6.54 Å². The van der Waals surface area contributed by atoms with Gasteiger partial charge in [-0.3, -0.25) is 14.1 Å². The molecule has 0 amide bonds. The van der Waals surface area contributed by atoms with Gasteiger partial charge in [0.1, 0.15) is 17.0 Å². The molecule has 1 aromatic carbocycles. The maximum absolute atomic E-state index is 12.4. The Morgan fingerprint density at radius 3 is 2.78 bits per heavy atom. The Labute approximate surface area is 157 Å². The van der Waals surface area contributed by atoms with Crippen LogP contribution in [0, 0.1) is 0 Å². The minimum Gasteiger partial charge on any atom is -0.459 e. The molecule has 0 radical (unpaired) electrons. The van der Waals surface area contributed by atoms with Crippen molar-refractivity contribution in [3.8, 4) is 0 Å². The molecule has 1 atom stereocenters. The van der Waals surface area contributed by atoms with E-state index in [1.165, 1.54) is 0 Å². The molecule has 3 aromatic heterocycles. The van der Waals surface area contributed by atoms with Crippen LogP contribution in [0.2, 0.25) is 0 Å². The average Bonchev–Trinajstić information content (AvgIpc) is 3.11. The lowest BCUT2D eigenvalue weighted by molar-refractivity contribution is 0.179. The van der Waals surface area contributed by atoms with Crippen molar-refractivity contribution in [1.82, 2.24) is 14.3 Å². The van der Waals surface area contributed by atoms with E-state index in [0.29, 0.717) is 12.2 Å². The van der Waals surface area contributed by atoms with E-state index < -0.39 is 0 Å². The van der Waals surface area contributed by atoms with Crippen molar-refractivity contribution in [2.24, 2.45) is 0 Å². The molecule has 0 saturated carbocycles. The number of furan rings is 1. The van der Waals surface area contributed by atoms with Gasteiger partial charge < -0.3 is 4.42 Å². The Balaban J connectivity index is 1.65. The molecule has 27 heavy (non-hydrogen) atoms. The fourth-order valence-electron chi connectivity index (χ4n) is 3.48. The summed E-state index contributed by atoms with van der Waals surface area (Å²) >= 11 is 0. The normalized spacial score (nSPS) is 12.9. The predicted octanol–water partition coefficient (Wildman–Crippen LogP) is 4.41. The summed E-state index contributed by atoms with van der Waals surface area (Å²) < 4.78 is 7.63. The third-order valence-corrected chi connectivity index (χ3v) is 4.90. The van der Waals surface area contributed by atoms with Crippen LogP contribution in [0.3, 0.4) is 0 Å². The molecule has 0 saturated heterocycles. The summed E-state index contributed by atoms with van der Waals surface area (Å²) in [5.41, 5.74) is 2.30. The van der Waals surface area contributed by atoms with Crippen molar-refractivity contribution in [3.05, 3.63) is 82.6 Å². The first-order valence-corrected chi connectivity index (χ1v) is 9.35. The summed E-state index contributed by atoms with van der Waals surface area (Å²) in [5, 5.41) is 1.11. The topological polar surface area (TPSA) is 50.8 Å². The third-order valence-electron chi connectivity index (χ3n) is 4.90. The second-order valence-corrected chi connectivity index (χ2v) is 6.85. The fraction of sp³-hybridized carbons (Fsp3) is 0.273. The standard InChI is InChI=1S/C22H23N3O2/c1-3-11-24(16(2)20-13-17-8-4-5-9-19(17)27-20)15-18-14-22(26)25-12-7-6-10-21(25)23-18/h4-10,12-14,16H,3,11,15H2,1-2H3. The van der Waals surface area contributed by atoms with Gasteiger partial charge in [-0.25, -0.2) is 4.98 Å². The van der Waals surface area contributed by atoms with Crippen molar-refractivity contribution in [3.63, 3.8) is 0 Å². The number of fused-ring (bicyclic) bond motifs is 2. The number of hydrogen-bond acceptors (Lipinski definition) is 4. The largest absolute Gasteiger partial charge is 0.459 e. The number of aromatic nitrogens is 2. The first kappa shape index (κ1) is 17.5. The van der Waals surface area contributed by atoms with Crippen LogP contribution in [0.25, 0.3) is 16.6 Å². The highest BCUT2D eigenvalue weighted by Gasteiger charge is 2.20. The predicted molar refractivity (Wildman–Crippen MR) is 107 cm³/mol. The van der Waals surface area contributed by atoms with Crippen LogP contribution >= 0.6 is 0 Å². The molecule has 0 aliphatic carbocycles. The Hall–Kier alpha value is -2.92. The molecular weight excluding hydrogens is 338 g/mol. The summed E-state index contributed by atoms with van der Waals surface area (Å²) in [6, 6.07) is 17.5. The highest BCUT2D eigenvalue weighted by Crippen LogP contribution is 2.28. The molecule has 138 valence electrons. The zero-order valence-corrected chi connectivity index (χ0v) is 15.6. The highest BCUT2D eigenvalue weighted by atomic mass is 16.3. The molecule has 5 heteroatoms. The maximum atomic E-state index is 12.4. The molecular formula is C22H23N3O2. The molecule has 4 rings (SSSR count). The van der Waals surface area contributed by atoms with E-state index in [9.17, 15) is 4.79 Å². The van der Waals surface area contributed by atoms with E-state index in [1.807, 2.05) is 36.4 Å². The molecule has 0 N–H and O–H groups in total. The van der Waals surface area contributed by atoms with E-state index in [-0.39, 0.29) is 11.6 Å². The van der Waals surface area contributed by atoms with Crippen molar-refractivity contribution in [2.45, 2.75) is 32.9 Å².